The van der Waals surface area contributed by atoms with Crippen molar-refractivity contribution in [3.05, 3.63) is 52.8 Å². The molecule has 1 aromatic carbocycles. The number of hydrogen-bond acceptors (Lipinski definition) is 2. The van der Waals surface area contributed by atoms with E-state index >= 15 is 0 Å². The Hall–Kier alpha value is -2.30. The Labute approximate surface area is 151 Å². The van der Waals surface area contributed by atoms with Crippen LogP contribution in [0.4, 0.5) is 0 Å². The van der Waals surface area contributed by atoms with Crippen molar-refractivity contribution < 1.29 is 0 Å². The van der Waals surface area contributed by atoms with E-state index in [0.717, 1.165) is 44.1 Å². The molecule has 0 saturated heterocycles. The summed E-state index contributed by atoms with van der Waals surface area (Å²) in [6, 6.07) is 10.9. The molecule has 0 aliphatic rings. The largest absolute Gasteiger partial charge is 0.356 e. The molecule has 136 valence electrons. The number of benzene rings is 1. The molecule has 5 heteroatoms. The van der Waals surface area contributed by atoms with E-state index in [1.807, 2.05) is 14.0 Å². The standard InChI is InChI=1S/C20H31N5/c1-6-18-8-10-19(11-9-18)15-24(5)20(21-4)22-12-7-13-25-17(3)14-16(2)23-25/h8-11,14H,6-7,12-13,15H2,1-5H3,(H,21,22). The van der Waals surface area contributed by atoms with Crippen molar-refractivity contribution in [1.29, 1.82) is 0 Å². The summed E-state index contributed by atoms with van der Waals surface area (Å²) in [6.45, 7) is 8.96. The van der Waals surface area contributed by atoms with Gasteiger partial charge in [0.1, 0.15) is 0 Å². The van der Waals surface area contributed by atoms with Gasteiger partial charge in [-0.25, -0.2) is 0 Å². The second-order valence-electron chi connectivity index (χ2n) is 6.50. The molecule has 0 fully saturated rings. The van der Waals surface area contributed by atoms with Gasteiger partial charge in [0.15, 0.2) is 5.96 Å². The van der Waals surface area contributed by atoms with Crippen LogP contribution in [0, 0.1) is 13.8 Å². The van der Waals surface area contributed by atoms with Crippen LogP contribution < -0.4 is 5.32 Å². The van der Waals surface area contributed by atoms with E-state index in [9.17, 15) is 0 Å². The lowest BCUT2D eigenvalue weighted by Crippen LogP contribution is -2.39. The summed E-state index contributed by atoms with van der Waals surface area (Å²) < 4.78 is 2.07. The molecule has 0 aliphatic heterocycles. The van der Waals surface area contributed by atoms with Crippen LogP contribution in [-0.2, 0) is 19.5 Å². The molecule has 0 radical (unpaired) electrons. The van der Waals surface area contributed by atoms with Crippen LogP contribution in [0.15, 0.2) is 35.3 Å². The zero-order valence-electron chi connectivity index (χ0n) is 16.2. The Morgan fingerprint density at radius 3 is 2.44 bits per heavy atom. The predicted molar refractivity (Wildman–Crippen MR) is 105 cm³/mol. The zero-order chi connectivity index (χ0) is 18.2. The number of hydrogen-bond donors (Lipinski definition) is 1. The monoisotopic (exact) mass is 341 g/mol. The summed E-state index contributed by atoms with van der Waals surface area (Å²) in [6.07, 6.45) is 2.09. The molecule has 0 spiro atoms. The minimum Gasteiger partial charge on any atom is -0.356 e. The van der Waals surface area contributed by atoms with E-state index < -0.39 is 0 Å². The number of aliphatic imine (C=N–C) groups is 1. The van der Waals surface area contributed by atoms with Gasteiger partial charge in [-0.2, -0.15) is 5.10 Å². The molecule has 1 heterocycles. The minimum absolute atomic E-state index is 0.848. The lowest BCUT2D eigenvalue weighted by Gasteiger charge is -2.22. The number of nitrogens with one attached hydrogen (secondary N) is 1. The normalized spacial score (nSPS) is 11.6. The second kappa shape index (κ2) is 9.25. The molecule has 2 aromatic rings. The van der Waals surface area contributed by atoms with E-state index in [2.05, 4.69) is 76.2 Å². The lowest BCUT2D eigenvalue weighted by molar-refractivity contribution is 0.470. The third-order valence-corrected chi connectivity index (χ3v) is 4.36. The third kappa shape index (κ3) is 5.62. The smallest absolute Gasteiger partial charge is 0.193 e. The van der Waals surface area contributed by atoms with E-state index in [1.54, 1.807) is 0 Å². The van der Waals surface area contributed by atoms with Crippen LogP contribution in [0.3, 0.4) is 0 Å². The van der Waals surface area contributed by atoms with Crippen LogP contribution in [0.5, 0.6) is 0 Å². The molecular formula is C20H31N5. The Morgan fingerprint density at radius 2 is 1.88 bits per heavy atom. The number of aromatic nitrogens is 2. The molecule has 0 unspecified atom stereocenters. The summed E-state index contributed by atoms with van der Waals surface area (Å²) in [5.74, 6) is 0.924. The van der Waals surface area contributed by atoms with Gasteiger partial charge in [0.2, 0.25) is 0 Å². The quantitative estimate of drug-likeness (QED) is 0.478. The first-order chi connectivity index (χ1) is 12.0. The Kier molecular flexibility index (Phi) is 7.04. The number of aryl methyl sites for hydroxylation is 4. The fraction of sp³-hybridized carbons (Fsp3) is 0.500. The Bertz CT molecular complexity index is 685. The van der Waals surface area contributed by atoms with Crippen molar-refractivity contribution in [2.75, 3.05) is 20.6 Å². The van der Waals surface area contributed by atoms with Gasteiger partial charge < -0.3 is 10.2 Å². The minimum atomic E-state index is 0.848. The van der Waals surface area contributed by atoms with Crippen molar-refractivity contribution in [3.8, 4) is 0 Å². The third-order valence-electron chi connectivity index (χ3n) is 4.36. The summed E-state index contributed by atoms with van der Waals surface area (Å²) in [7, 11) is 3.91. The van der Waals surface area contributed by atoms with Crippen LogP contribution in [-0.4, -0.2) is 41.3 Å². The lowest BCUT2D eigenvalue weighted by atomic mass is 10.1. The fourth-order valence-corrected chi connectivity index (χ4v) is 2.94. The van der Waals surface area contributed by atoms with Crippen molar-refractivity contribution in [1.82, 2.24) is 20.0 Å². The van der Waals surface area contributed by atoms with Gasteiger partial charge in [0, 0.05) is 39.4 Å². The zero-order valence-corrected chi connectivity index (χ0v) is 16.2. The van der Waals surface area contributed by atoms with Gasteiger partial charge in [-0.3, -0.25) is 9.67 Å². The average Bonchev–Trinajstić information content (AvgIpc) is 2.93. The highest BCUT2D eigenvalue weighted by molar-refractivity contribution is 5.79. The molecule has 0 amide bonds. The molecule has 0 aliphatic carbocycles. The first-order valence-electron chi connectivity index (χ1n) is 9.04. The molecule has 1 aromatic heterocycles. The van der Waals surface area contributed by atoms with Gasteiger partial charge in [0.05, 0.1) is 5.69 Å². The van der Waals surface area contributed by atoms with Gasteiger partial charge in [-0.05, 0) is 43.9 Å². The number of guanidine groups is 1. The van der Waals surface area contributed by atoms with Crippen LogP contribution in [0.2, 0.25) is 0 Å². The number of rotatable bonds is 7. The maximum Gasteiger partial charge on any atom is 0.193 e. The highest BCUT2D eigenvalue weighted by Crippen LogP contribution is 2.07. The van der Waals surface area contributed by atoms with Gasteiger partial charge in [-0.15, -0.1) is 0 Å². The Balaban J connectivity index is 1.79. The summed E-state index contributed by atoms with van der Waals surface area (Å²) in [5.41, 5.74) is 4.97. The second-order valence-corrected chi connectivity index (χ2v) is 6.50. The first-order valence-corrected chi connectivity index (χ1v) is 9.04. The van der Waals surface area contributed by atoms with Crippen LogP contribution in [0.1, 0.15) is 35.9 Å². The molecule has 5 nitrogen and oxygen atoms in total. The molecular weight excluding hydrogens is 310 g/mol. The highest BCUT2D eigenvalue weighted by Gasteiger charge is 2.07. The summed E-state index contributed by atoms with van der Waals surface area (Å²) in [5, 5.41) is 7.94. The topological polar surface area (TPSA) is 45.5 Å². The van der Waals surface area contributed by atoms with Crippen molar-refractivity contribution in [2.24, 2.45) is 4.99 Å². The SMILES string of the molecule is CCc1ccc(CN(C)C(=NC)NCCCn2nc(C)cc2C)cc1. The highest BCUT2D eigenvalue weighted by atomic mass is 15.3. The van der Waals surface area contributed by atoms with Crippen molar-refractivity contribution >= 4 is 5.96 Å². The van der Waals surface area contributed by atoms with Crippen LogP contribution in [0.25, 0.3) is 0 Å². The van der Waals surface area contributed by atoms with Gasteiger partial charge >= 0.3 is 0 Å². The van der Waals surface area contributed by atoms with E-state index in [0.29, 0.717) is 0 Å². The first kappa shape index (κ1) is 19.0. The van der Waals surface area contributed by atoms with E-state index in [-0.39, 0.29) is 0 Å². The Morgan fingerprint density at radius 1 is 1.20 bits per heavy atom. The molecule has 0 atom stereocenters. The molecule has 0 saturated carbocycles. The molecule has 25 heavy (non-hydrogen) atoms. The predicted octanol–water partition coefficient (Wildman–Crippen LogP) is 3.16. The molecule has 1 N–H and O–H groups in total. The molecule has 0 bridgehead atoms. The van der Waals surface area contributed by atoms with E-state index in [1.165, 1.54) is 16.8 Å². The maximum atomic E-state index is 4.50. The average molecular weight is 342 g/mol. The van der Waals surface area contributed by atoms with Crippen molar-refractivity contribution in [3.63, 3.8) is 0 Å². The molecule has 2 rings (SSSR count). The van der Waals surface area contributed by atoms with Gasteiger partial charge in [0.25, 0.3) is 0 Å². The van der Waals surface area contributed by atoms with E-state index in [4.69, 9.17) is 0 Å². The van der Waals surface area contributed by atoms with Crippen LogP contribution >= 0.6 is 0 Å². The van der Waals surface area contributed by atoms with Gasteiger partial charge in [-0.1, -0.05) is 31.2 Å². The van der Waals surface area contributed by atoms with Crippen molar-refractivity contribution in [2.45, 2.75) is 46.7 Å². The maximum absolute atomic E-state index is 4.50. The summed E-state index contributed by atoms with van der Waals surface area (Å²) >= 11 is 0. The summed E-state index contributed by atoms with van der Waals surface area (Å²) in [4.78, 5) is 6.55. The number of nitrogens with zero attached hydrogens (tertiary/aromatic N) is 4. The fourth-order valence-electron chi connectivity index (χ4n) is 2.94.